The highest BCUT2D eigenvalue weighted by molar-refractivity contribution is 14.0. The summed E-state index contributed by atoms with van der Waals surface area (Å²) in [7, 11) is 1.74. The second-order valence-electron chi connectivity index (χ2n) is 5.99. The number of hydrogen-bond donors (Lipinski definition) is 2. The van der Waals surface area contributed by atoms with Gasteiger partial charge in [-0.1, -0.05) is 25.1 Å². The molecule has 0 aliphatic carbocycles. The second-order valence-corrected chi connectivity index (χ2v) is 5.99. The van der Waals surface area contributed by atoms with Gasteiger partial charge in [0.25, 0.3) is 0 Å². The maximum absolute atomic E-state index is 13.6. The number of nitrogens with one attached hydrogen (secondary N) is 2. The second kappa shape index (κ2) is 10.8. The Labute approximate surface area is 156 Å². The van der Waals surface area contributed by atoms with Crippen molar-refractivity contribution in [1.29, 1.82) is 0 Å². The van der Waals surface area contributed by atoms with Gasteiger partial charge in [0.15, 0.2) is 5.96 Å². The fourth-order valence-electron chi connectivity index (χ4n) is 2.86. The highest BCUT2D eigenvalue weighted by Gasteiger charge is 2.15. The Balaban J connectivity index is 0.00000264. The van der Waals surface area contributed by atoms with Crippen LogP contribution in [0.25, 0.3) is 0 Å². The summed E-state index contributed by atoms with van der Waals surface area (Å²) in [6.07, 6.45) is 2.64. The highest BCUT2D eigenvalue weighted by Crippen LogP contribution is 2.14. The van der Waals surface area contributed by atoms with Gasteiger partial charge in [0.1, 0.15) is 5.82 Å². The molecule has 0 spiro atoms. The van der Waals surface area contributed by atoms with E-state index in [1.54, 1.807) is 19.2 Å². The molecule has 0 aromatic heterocycles. The first-order chi connectivity index (χ1) is 10.7. The topological polar surface area (TPSA) is 39.7 Å². The zero-order valence-corrected chi connectivity index (χ0v) is 16.3. The van der Waals surface area contributed by atoms with Crippen molar-refractivity contribution in [2.75, 3.05) is 33.2 Å². The van der Waals surface area contributed by atoms with Gasteiger partial charge in [0.05, 0.1) is 0 Å². The summed E-state index contributed by atoms with van der Waals surface area (Å²) in [5.74, 6) is 1.33. The van der Waals surface area contributed by atoms with Crippen molar-refractivity contribution in [2.24, 2.45) is 10.9 Å². The molecular weight excluding hydrogens is 406 g/mol. The molecule has 0 amide bonds. The molecule has 1 aromatic carbocycles. The average molecular weight is 434 g/mol. The summed E-state index contributed by atoms with van der Waals surface area (Å²) >= 11 is 0. The summed E-state index contributed by atoms with van der Waals surface area (Å²) in [6.45, 7) is 6.99. The summed E-state index contributed by atoms with van der Waals surface area (Å²) in [5.41, 5.74) is 0.648. The summed E-state index contributed by atoms with van der Waals surface area (Å²) in [4.78, 5) is 6.68. The Hall–Kier alpha value is -0.890. The van der Waals surface area contributed by atoms with Crippen LogP contribution in [-0.4, -0.2) is 44.1 Å². The minimum absolute atomic E-state index is 0. The molecule has 0 radical (unpaired) electrons. The molecule has 1 aliphatic rings. The molecule has 1 aromatic rings. The van der Waals surface area contributed by atoms with Crippen LogP contribution in [0.15, 0.2) is 29.3 Å². The molecule has 1 unspecified atom stereocenters. The van der Waals surface area contributed by atoms with E-state index in [0.717, 1.165) is 19.0 Å². The van der Waals surface area contributed by atoms with Crippen LogP contribution in [0.3, 0.4) is 0 Å². The lowest BCUT2D eigenvalue weighted by Crippen LogP contribution is -2.43. The van der Waals surface area contributed by atoms with Gasteiger partial charge in [0, 0.05) is 38.8 Å². The van der Waals surface area contributed by atoms with Crippen LogP contribution in [0.2, 0.25) is 0 Å². The largest absolute Gasteiger partial charge is 0.355 e. The lowest BCUT2D eigenvalue weighted by molar-refractivity contribution is 0.187. The normalized spacial score (nSPS) is 19.1. The minimum Gasteiger partial charge on any atom is -0.355 e. The number of benzene rings is 1. The zero-order chi connectivity index (χ0) is 15.8. The van der Waals surface area contributed by atoms with E-state index in [2.05, 4.69) is 27.4 Å². The van der Waals surface area contributed by atoms with Crippen molar-refractivity contribution in [3.8, 4) is 0 Å². The van der Waals surface area contributed by atoms with Gasteiger partial charge < -0.3 is 15.5 Å². The first-order valence-corrected chi connectivity index (χ1v) is 8.09. The Bertz CT molecular complexity index is 495. The molecule has 2 N–H and O–H groups in total. The molecule has 1 heterocycles. The number of likely N-dealkylation sites (tertiary alicyclic amines) is 1. The fraction of sp³-hybridized carbons (Fsp3) is 0.588. The van der Waals surface area contributed by atoms with E-state index in [0.29, 0.717) is 18.1 Å². The van der Waals surface area contributed by atoms with Crippen molar-refractivity contribution in [1.82, 2.24) is 15.5 Å². The Morgan fingerprint density at radius 2 is 2.13 bits per heavy atom. The highest BCUT2D eigenvalue weighted by atomic mass is 127. The van der Waals surface area contributed by atoms with Gasteiger partial charge in [-0.25, -0.2) is 4.39 Å². The van der Waals surface area contributed by atoms with Gasteiger partial charge in [-0.15, -0.1) is 24.0 Å². The predicted octanol–water partition coefficient (Wildman–Crippen LogP) is 2.84. The Kier molecular flexibility index (Phi) is 9.47. The van der Waals surface area contributed by atoms with E-state index in [-0.39, 0.29) is 29.8 Å². The number of guanidine groups is 1. The van der Waals surface area contributed by atoms with Crippen molar-refractivity contribution >= 4 is 29.9 Å². The summed E-state index contributed by atoms with van der Waals surface area (Å²) < 4.78 is 13.6. The number of hydrogen-bond acceptors (Lipinski definition) is 2. The smallest absolute Gasteiger partial charge is 0.191 e. The monoisotopic (exact) mass is 434 g/mol. The number of nitrogens with zero attached hydrogens (tertiary/aromatic N) is 2. The van der Waals surface area contributed by atoms with Crippen LogP contribution in [0, 0.1) is 11.7 Å². The van der Waals surface area contributed by atoms with Crippen molar-refractivity contribution < 1.29 is 4.39 Å². The number of piperidine rings is 1. The van der Waals surface area contributed by atoms with Crippen LogP contribution in [0.5, 0.6) is 0 Å². The third kappa shape index (κ3) is 7.03. The minimum atomic E-state index is -0.187. The third-order valence-corrected chi connectivity index (χ3v) is 4.09. The maximum atomic E-state index is 13.6. The molecule has 0 saturated carbocycles. The van der Waals surface area contributed by atoms with E-state index >= 15 is 0 Å². The van der Waals surface area contributed by atoms with Gasteiger partial charge in [-0.05, 0) is 31.4 Å². The maximum Gasteiger partial charge on any atom is 0.191 e. The van der Waals surface area contributed by atoms with E-state index in [1.165, 1.54) is 32.0 Å². The summed E-state index contributed by atoms with van der Waals surface area (Å²) in [6, 6.07) is 6.80. The Morgan fingerprint density at radius 1 is 1.35 bits per heavy atom. The standard InChI is InChI=1S/C17H27FN4.HI/c1-14-6-5-10-22(13-14)11-9-20-17(19-2)21-12-15-7-3-4-8-16(15)18;/h3-4,7-8,14H,5-6,9-13H2,1-2H3,(H2,19,20,21);1H. The molecular formula is C17H28FIN4. The molecule has 23 heavy (non-hydrogen) atoms. The average Bonchev–Trinajstić information content (AvgIpc) is 2.52. The van der Waals surface area contributed by atoms with Gasteiger partial charge in [0.2, 0.25) is 0 Å². The van der Waals surface area contributed by atoms with E-state index < -0.39 is 0 Å². The Morgan fingerprint density at radius 3 is 2.83 bits per heavy atom. The first kappa shape index (κ1) is 20.2. The third-order valence-electron chi connectivity index (χ3n) is 4.09. The van der Waals surface area contributed by atoms with Crippen molar-refractivity contribution in [2.45, 2.75) is 26.3 Å². The van der Waals surface area contributed by atoms with Crippen LogP contribution in [0.1, 0.15) is 25.3 Å². The van der Waals surface area contributed by atoms with Crippen LogP contribution in [-0.2, 0) is 6.54 Å². The number of rotatable bonds is 5. The fourth-order valence-corrected chi connectivity index (χ4v) is 2.86. The van der Waals surface area contributed by atoms with Gasteiger partial charge in [-0.2, -0.15) is 0 Å². The zero-order valence-electron chi connectivity index (χ0n) is 14.0. The molecule has 130 valence electrons. The molecule has 4 nitrogen and oxygen atoms in total. The number of aliphatic imine (C=N–C) groups is 1. The molecule has 2 rings (SSSR count). The molecule has 0 bridgehead atoms. The van der Waals surface area contributed by atoms with Gasteiger partial charge in [-0.3, -0.25) is 4.99 Å². The lowest BCUT2D eigenvalue weighted by Gasteiger charge is -2.30. The van der Waals surface area contributed by atoms with E-state index in [4.69, 9.17) is 0 Å². The SMILES string of the molecule is CN=C(NCCN1CCCC(C)C1)NCc1ccccc1F.I. The van der Waals surface area contributed by atoms with E-state index in [1.807, 2.05) is 6.07 Å². The molecule has 1 fully saturated rings. The quantitative estimate of drug-likeness (QED) is 0.426. The molecule has 1 aliphatic heterocycles. The van der Waals surface area contributed by atoms with E-state index in [9.17, 15) is 4.39 Å². The van der Waals surface area contributed by atoms with Crippen LogP contribution in [0.4, 0.5) is 4.39 Å². The predicted molar refractivity (Wildman–Crippen MR) is 105 cm³/mol. The van der Waals surface area contributed by atoms with Crippen molar-refractivity contribution in [3.63, 3.8) is 0 Å². The van der Waals surface area contributed by atoms with Crippen LogP contribution < -0.4 is 10.6 Å². The first-order valence-electron chi connectivity index (χ1n) is 8.09. The summed E-state index contributed by atoms with van der Waals surface area (Å²) in [5, 5.41) is 6.45. The molecule has 6 heteroatoms. The molecule has 1 atom stereocenters. The lowest BCUT2D eigenvalue weighted by atomic mass is 10.0. The van der Waals surface area contributed by atoms with Gasteiger partial charge >= 0.3 is 0 Å². The molecule has 1 saturated heterocycles. The number of halogens is 2. The van der Waals surface area contributed by atoms with Crippen LogP contribution >= 0.6 is 24.0 Å². The van der Waals surface area contributed by atoms with Crippen molar-refractivity contribution in [3.05, 3.63) is 35.6 Å².